The first-order valence-corrected chi connectivity index (χ1v) is 7.98. The summed E-state index contributed by atoms with van der Waals surface area (Å²) in [4.78, 5) is 22.9. The van der Waals surface area contributed by atoms with Gasteiger partial charge in [-0.25, -0.2) is 4.79 Å². The highest BCUT2D eigenvalue weighted by molar-refractivity contribution is 5.88. The average Bonchev–Trinajstić information content (AvgIpc) is 2.64. The van der Waals surface area contributed by atoms with Crippen LogP contribution in [0.25, 0.3) is 17.0 Å². The largest absolute Gasteiger partial charge is 0.423 e. The standard InChI is InChI=1S/C18H21NO7/c1-2-3-10-6-16(23)26-15-7-11(4-5-12(10)15)19-13(8-20)17(24)18(25)14(22)9-21/h2-8,13-14,17-19,21-22,24-25H,9H2,1H3/t13-,14+,17+,18+/m1/s1. The smallest absolute Gasteiger partial charge is 0.336 e. The Morgan fingerprint density at radius 3 is 2.54 bits per heavy atom. The van der Waals surface area contributed by atoms with Crippen LogP contribution in [0.15, 0.2) is 39.6 Å². The summed E-state index contributed by atoms with van der Waals surface area (Å²) >= 11 is 0. The molecule has 0 saturated heterocycles. The van der Waals surface area contributed by atoms with Crippen molar-refractivity contribution in [2.45, 2.75) is 31.3 Å². The number of rotatable bonds is 8. The highest BCUT2D eigenvalue weighted by Gasteiger charge is 2.31. The van der Waals surface area contributed by atoms with Gasteiger partial charge in [-0.05, 0) is 24.6 Å². The minimum absolute atomic E-state index is 0.283. The molecule has 0 aliphatic carbocycles. The topological polar surface area (TPSA) is 140 Å². The van der Waals surface area contributed by atoms with Gasteiger partial charge in [0.15, 0.2) is 0 Å². The van der Waals surface area contributed by atoms with Crippen molar-refractivity contribution in [1.29, 1.82) is 0 Å². The minimum atomic E-state index is -1.72. The summed E-state index contributed by atoms with van der Waals surface area (Å²) in [5.74, 6) is 0. The molecule has 2 rings (SSSR count). The van der Waals surface area contributed by atoms with E-state index in [9.17, 15) is 24.9 Å². The normalized spacial score (nSPS) is 16.3. The molecule has 0 aliphatic heterocycles. The van der Waals surface area contributed by atoms with Gasteiger partial charge >= 0.3 is 5.63 Å². The van der Waals surface area contributed by atoms with Crippen molar-refractivity contribution in [3.05, 3.63) is 46.3 Å². The molecule has 1 heterocycles. The quantitative estimate of drug-likeness (QED) is 0.323. The number of hydrogen-bond acceptors (Lipinski definition) is 8. The Morgan fingerprint density at radius 2 is 1.92 bits per heavy atom. The van der Waals surface area contributed by atoms with Crippen LogP contribution in [0.4, 0.5) is 5.69 Å². The van der Waals surface area contributed by atoms with E-state index >= 15 is 0 Å². The third-order valence-corrected chi connectivity index (χ3v) is 3.90. The van der Waals surface area contributed by atoms with Crippen LogP contribution in [-0.2, 0) is 4.79 Å². The summed E-state index contributed by atoms with van der Waals surface area (Å²) in [6.45, 7) is 1.05. The fraction of sp³-hybridized carbons (Fsp3) is 0.333. The number of carbonyl (C=O) groups excluding carboxylic acids is 1. The monoisotopic (exact) mass is 363 g/mol. The zero-order valence-corrected chi connectivity index (χ0v) is 14.1. The van der Waals surface area contributed by atoms with Crippen LogP contribution >= 0.6 is 0 Å². The van der Waals surface area contributed by atoms with E-state index < -0.39 is 36.6 Å². The Morgan fingerprint density at radius 1 is 1.19 bits per heavy atom. The van der Waals surface area contributed by atoms with E-state index in [1.165, 1.54) is 12.1 Å². The molecule has 0 saturated carbocycles. The molecule has 8 heteroatoms. The fourth-order valence-electron chi connectivity index (χ4n) is 2.54. The molecule has 1 aromatic carbocycles. The Balaban J connectivity index is 2.32. The molecule has 0 spiro atoms. The van der Waals surface area contributed by atoms with Crippen LogP contribution < -0.4 is 10.9 Å². The maximum Gasteiger partial charge on any atom is 0.336 e. The predicted molar refractivity (Wildman–Crippen MR) is 95.8 cm³/mol. The fourth-order valence-corrected chi connectivity index (χ4v) is 2.54. The summed E-state index contributed by atoms with van der Waals surface area (Å²) in [6, 6.07) is 4.90. The van der Waals surface area contributed by atoms with Gasteiger partial charge in [0.2, 0.25) is 0 Å². The van der Waals surface area contributed by atoms with Crippen LogP contribution in [0.1, 0.15) is 12.5 Å². The third-order valence-electron chi connectivity index (χ3n) is 3.90. The van der Waals surface area contributed by atoms with E-state index in [2.05, 4.69) is 5.32 Å². The van der Waals surface area contributed by atoms with Crippen molar-refractivity contribution < 1.29 is 29.6 Å². The minimum Gasteiger partial charge on any atom is -0.423 e. The van der Waals surface area contributed by atoms with Crippen LogP contribution in [0.2, 0.25) is 0 Å². The number of aldehydes is 1. The molecular weight excluding hydrogens is 342 g/mol. The molecule has 8 nitrogen and oxygen atoms in total. The lowest BCUT2D eigenvalue weighted by atomic mass is 10.0. The zero-order valence-electron chi connectivity index (χ0n) is 14.1. The first-order valence-electron chi connectivity index (χ1n) is 7.98. The van der Waals surface area contributed by atoms with Gasteiger partial charge in [-0.1, -0.05) is 12.2 Å². The highest BCUT2D eigenvalue weighted by Crippen LogP contribution is 2.23. The van der Waals surface area contributed by atoms with Crippen molar-refractivity contribution in [2.24, 2.45) is 0 Å². The molecule has 0 radical (unpaired) electrons. The first kappa shape index (κ1) is 19.8. The molecule has 0 aliphatic rings. The van der Waals surface area contributed by atoms with Gasteiger partial charge in [-0.2, -0.15) is 0 Å². The SMILES string of the molecule is CC=Cc1cc(=O)oc2cc(N[C@H](C=O)[C@H](O)[C@@H](O)[C@@H](O)CO)ccc12. The lowest BCUT2D eigenvalue weighted by molar-refractivity contribution is -0.117. The molecule has 1 aromatic heterocycles. The second-order valence-corrected chi connectivity index (χ2v) is 5.77. The molecule has 0 fully saturated rings. The maximum absolute atomic E-state index is 11.7. The van der Waals surface area contributed by atoms with Gasteiger partial charge in [-0.3, -0.25) is 0 Å². The van der Waals surface area contributed by atoms with Gasteiger partial charge in [0, 0.05) is 23.2 Å². The number of allylic oxidation sites excluding steroid dienone is 1. The second-order valence-electron chi connectivity index (χ2n) is 5.77. The van der Waals surface area contributed by atoms with Crippen molar-refractivity contribution in [3.63, 3.8) is 0 Å². The number of fused-ring (bicyclic) bond motifs is 1. The summed E-state index contributed by atoms with van der Waals surface area (Å²) in [6.07, 6.45) is -1.06. The van der Waals surface area contributed by atoms with E-state index in [-0.39, 0.29) is 5.58 Å². The Kier molecular flexibility index (Phi) is 6.64. The Bertz CT molecular complexity index is 845. The van der Waals surface area contributed by atoms with E-state index in [0.717, 1.165) is 0 Å². The summed E-state index contributed by atoms with van der Waals surface area (Å²) in [5, 5.41) is 41.4. The van der Waals surface area contributed by atoms with Crippen LogP contribution in [0.3, 0.4) is 0 Å². The lowest BCUT2D eigenvalue weighted by Crippen LogP contribution is -2.49. The summed E-state index contributed by atoms with van der Waals surface area (Å²) < 4.78 is 5.17. The second kappa shape index (κ2) is 8.72. The third kappa shape index (κ3) is 4.36. The number of anilines is 1. The Labute approximate surface area is 149 Å². The van der Waals surface area contributed by atoms with Gasteiger partial charge in [0.05, 0.1) is 6.61 Å². The van der Waals surface area contributed by atoms with Gasteiger partial charge < -0.3 is 35.0 Å². The van der Waals surface area contributed by atoms with Gasteiger partial charge in [0.25, 0.3) is 0 Å². The van der Waals surface area contributed by atoms with E-state index in [4.69, 9.17) is 9.52 Å². The molecule has 0 bridgehead atoms. The number of carbonyl (C=O) groups is 1. The first-order chi connectivity index (χ1) is 12.4. The Hall–Kier alpha value is -2.52. The van der Waals surface area contributed by atoms with Crippen molar-refractivity contribution in [1.82, 2.24) is 0 Å². The van der Waals surface area contributed by atoms with E-state index in [0.29, 0.717) is 22.9 Å². The number of aliphatic hydroxyl groups is 4. The molecule has 4 atom stereocenters. The number of nitrogens with one attached hydrogen (secondary N) is 1. The van der Waals surface area contributed by atoms with Crippen LogP contribution in [0.5, 0.6) is 0 Å². The van der Waals surface area contributed by atoms with E-state index in [1.807, 2.05) is 6.92 Å². The number of hydrogen-bond donors (Lipinski definition) is 5. The molecule has 0 amide bonds. The molecule has 26 heavy (non-hydrogen) atoms. The lowest BCUT2D eigenvalue weighted by Gasteiger charge is -2.26. The molecule has 2 aromatic rings. The van der Waals surface area contributed by atoms with Crippen LogP contribution in [-0.4, -0.2) is 57.7 Å². The molecule has 140 valence electrons. The summed E-state index contributed by atoms with van der Waals surface area (Å²) in [7, 11) is 0. The predicted octanol–water partition coefficient (Wildman–Crippen LogP) is -0.120. The zero-order chi connectivity index (χ0) is 19.3. The molecule has 0 unspecified atom stereocenters. The van der Waals surface area contributed by atoms with E-state index in [1.54, 1.807) is 24.3 Å². The van der Waals surface area contributed by atoms with Crippen molar-refractivity contribution in [3.8, 4) is 0 Å². The summed E-state index contributed by atoms with van der Waals surface area (Å²) in [5.41, 5.74) is 0.792. The van der Waals surface area contributed by atoms with Gasteiger partial charge in [-0.15, -0.1) is 0 Å². The molecule has 5 N–H and O–H groups in total. The van der Waals surface area contributed by atoms with Crippen LogP contribution in [0, 0.1) is 0 Å². The maximum atomic E-state index is 11.7. The average molecular weight is 363 g/mol. The van der Waals surface area contributed by atoms with Crippen molar-refractivity contribution in [2.75, 3.05) is 11.9 Å². The highest BCUT2D eigenvalue weighted by atomic mass is 16.4. The number of benzene rings is 1. The molecular formula is C18H21NO7. The number of aliphatic hydroxyl groups excluding tert-OH is 4. The van der Waals surface area contributed by atoms with Crippen molar-refractivity contribution >= 4 is 29.0 Å². The van der Waals surface area contributed by atoms with Gasteiger partial charge in [0.1, 0.15) is 36.2 Å².